The smallest absolute Gasteiger partial charge is 0.277 e. The van der Waals surface area contributed by atoms with E-state index in [-0.39, 0.29) is 12.5 Å². The monoisotopic (exact) mass is 344 g/mol. The summed E-state index contributed by atoms with van der Waals surface area (Å²) in [5.41, 5.74) is 6.80. The summed E-state index contributed by atoms with van der Waals surface area (Å²) in [6.07, 6.45) is 1.60. The lowest BCUT2D eigenvalue weighted by Gasteiger charge is -2.06. The van der Waals surface area contributed by atoms with Gasteiger partial charge in [-0.05, 0) is 35.7 Å². The Kier molecular flexibility index (Phi) is 5.78. The van der Waals surface area contributed by atoms with Crippen molar-refractivity contribution in [1.29, 1.82) is 0 Å². The van der Waals surface area contributed by atoms with Gasteiger partial charge in [0.1, 0.15) is 5.75 Å². The molecule has 0 unspecified atom stereocenters. The van der Waals surface area contributed by atoms with Gasteiger partial charge in [0.2, 0.25) is 0 Å². The molecule has 3 aromatic carbocycles. The zero-order valence-corrected chi connectivity index (χ0v) is 14.6. The van der Waals surface area contributed by atoms with Crippen LogP contribution < -0.4 is 10.2 Å². The highest BCUT2D eigenvalue weighted by Crippen LogP contribution is 2.21. The highest BCUT2D eigenvalue weighted by Gasteiger charge is 2.02. The van der Waals surface area contributed by atoms with Gasteiger partial charge < -0.3 is 4.74 Å². The molecule has 1 amide bonds. The Bertz CT molecular complexity index is 870. The fraction of sp³-hybridized carbons (Fsp3) is 0.0909. The standard InChI is InChI=1S/C22H20N2O2/c1-17-7-9-18(10-8-17)15-23-24-22(25)16-26-21-13-11-20(12-14-21)19-5-3-2-4-6-19/h2-15H,16H2,1H3,(H,24,25)/b23-15-. The number of rotatable bonds is 6. The van der Waals surface area contributed by atoms with Gasteiger partial charge in [0.25, 0.3) is 5.91 Å². The number of ether oxygens (including phenoxy) is 1. The van der Waals surface area contributed by atoms with Crippen molar-refractivity contribution < 1.29 is 9.53 Å². The zero-order chi connectivity index (χ0) is 18.2. The summed E-state index contributed by atoms with van der Waals surface area (Å²) < 4.78 is 5.49. The molecular formula is C22H20N2O2. The summed E-state index contributed by atoms with van der Waals surface area (Å²) in [5, 5.41) is 3.93. The summed E-state index contributed by atoms with van der Waals surface area (Å²) in [6.45, 7) is 1.93. The van der Waals surface area contributed by atoms with Crippen LogP contribution in [0.3, 0.4) is 0 Å². The second-order valence-electron chi connectivity index (χ2n) is 5.88. The summed E-state index contributed by atoms with van der Waals surface area (Å²) in [4.78, 5) is 11.8. The molecule has 0 aliphatic rings. The van der Waals surface area contributed by atoms with Crippen LogP contribution in [-0.4, -0.2) is 18.7 Å². The van der Waals surface area contributed by atoms with E-state index in [0.29, 0.717) is 5.75 Å². The number of hydrogen-bond donors (Lipinski definition) is 1. The second-order valence-corrected chi connectivity index (χ2v) is 5.88. The number of hydrazone groups is 1. The van der Waals surface area contributed by atoms with Gasteiger partial charge in [0, 0.05) is 0 Å². The summed E-state index contributed by atoms with van der Waals surface area (Å²) in [6, 6.07) is 25.6. The van der Waals surface area contributed by atoms with E-state index in [4.69, 9.17) is 4.74 Å². The number of benzene rings is 3. The van der Waals surface area contributed by atoms with Gasteiger partial charge in [-0.2, -0.15) is 5.10 Å². The number of nitrogens with one attached hydrogen (secondary N) is 1. The molecule has 130 valence electrons. The molecule has 0 fully saturated rings. The fourth-order valence-corrected chi connectivity index (χ4v) is 2.39. The fourth-order valence-electron chi connectivity index (χ4n) is 2.39. The lowest BCUT2D eigenvalue weighted by Crippen LogP contribution is -2.24. The Morgan fingerprint density at radius 2 is 1.58 bits per heavy atom. The molecule has 4 heteroatoms. The third kappa shape index (κ3) is 5.05. The summed E-state index contributed by atoms with van der Waals surface area (Å²) in [5.74, 6) is 0.336. The molecule has 1 N–H and O–H groups in total. The Labute approximate surface area is 153 Å². The SMILES string of the molecule is Cc1ccc(/C=N\NC(=O)COc2ccc(-c3ccccc3)cc2)cc1. The van der Waals surface area contributed by atoms with E-state index in [1.807, 2.05) is 73.7 Å². The third-order valence-electron chi connectivity index (χ3n) is 3.81. The van der Waals surface area contributed by atoms with Crippen LogP contribution in [0.4, 0.5) is 0 Å². The molecule has 0 radical (unpaired) electrons. The molecule has 0 aliphatic carbocycles. The van der Waals surface area contributed by atoms with Crippen LogP contribution in [0.1, 0.15) is 11.1 Å². The van der Waals surface area contributed by atoms with E-state index in [1.165, 1.54) is 5.56 Å². The van der Waals surface area contributed by atoms with Crippen molar-refractivity contribution in [3.63, 3.8) is 0 Å². The molecule has 0 aliphatic heterocycles. The van der Waals surface area contributed by atoms with Crippen LogP contribution >= 0.6 is 0 Å². The quantitative estimate of drug-likeness (QED) is 0.538. The van der Waals surface area contributed by atoms with E-state index >= 15 is 0 Å². The van der Waals surface area contributed by atoms with Crippen molar-refractivity contribution in [2.45, 2.75) is 6.92 Å². The Morgan fingerprint density at radius 1 is 0.923 bits per heavy atom. The van der Waals surface area contributed by atoms with Crippen molar-refractivity contribution in [1.82, 2.24) is 5.43 Å². The topological polar surface area (TPSA) is 50.7 Å². The lowest BCUT2D eigenvalue weighted by molar-refractivity contribution is -0.123. The number of nitrogens with zero attached hydrogens (tertiary/aromatic N) is 1. The number of aryl methyl sites for hydroxylation is 1. The van der Waals surface area contributed by atoms with E-state index in [0.717, 1.165) is 16.7 Å². The maximum atomic E-state index is 11.8. The zero-order valence-electron chi connectivity index (χ0n) is 14.6. The Morgan fingerprint density at radius 3 is 2.27 bits per heavy atom. The van der Waals surface area contributed by atoms with Gasteiger partial charge in [-0.3, -0.25) is 4.79 Å². The van der Waals surface area contributed by atoms with E-state index in [2.05, 4.69) is 22.7 Å². The van der Waals surface area contributed by atoms with Crippen molar-refractivity contribution >= 4 is 12.1 Å². The highest BCUT2D eigenvalue weighted by molar-refractivity contribution is 5.82. The van der Waals surface area contributed by atoms with Crippen molar-refractivity contribution in [3.8, 4) is 16.9 Å². The van der Waals surface area contributed by atoms with Gasteiger partial charge in [0.05, 0.1) is 6.21 Å². The van der Waals surface area contributed by atoms with Gasteiger partial charge in [-0.25, -0.2) is 5.43 Å². The molecule has 0 atom stereocenters. The first kappa shape index (κ1) is 17.4. The average molecular weight is 344 g/mol. The van der Waals surface area contributed by atoms with Gasteiger partial charge in [0.15, 0.2) is 6.61 Å². The van der Waals surface area contributed by atoms with Crippen LogP contribution in [0.15, 0.2) is 84.0 Å². The maximum absolute atomic E-state index is 11.8. The number of carbonyl (C=O) groups is 1. The molecule has 26 heavy (non-hydrogen) atoms. The predicted octanol–water partition coefficient (Wildman–Crippen LogP) is 4.19. The van der Waals surface area contributed by atoms with Crippen LogP contribution in [0.5, 0.6) is 5.75 Å². The lowest BCUT2D eigenvalue weighted by atomic mass is 10.1. The molecule has 3 rings (SSSR count). The van der Waals surface area contributed by atoms with Crippen LogP contribution in [0.25, 0.3) is 11.1 Å². The Balaban J connectivity index is 1.47. The molecule has 0 heterocycles. The first-order chi connectivity index (χ1) is 12.7. The molecule has 4 nitrogen and oxygen atoms in total. The van der Waals surface area contributed by atoms with E-state index in [9.17, 15) is 4.79 Å². The average Bonchev–Trinajstić information content (AvgIpc) is 2.69. The third-order valence-corrected chi connectivity index (χ3v) is 3.81. The van der Waals surface area contributed by atoms with Crippen LogP contribution in [-0.2, 0) is 4.79 Å². The van der Waals surface area contributed by atoms with Crippen molar-refractivity contribution in [3.05, 3.63) is 90.0 Å². The number of amides is 1. The second kappa shape index (κ2) is 8.62. The minimum absolute atomic E-state index is 0.0874. The first-order valence-electron chi connectivity index (χ1n) is 8.37. The van der Waals surface area contributed by atoms with Crippen molar-refractivity contribution in [2.75, 3.05) is 6.61 Å². The minimum atomic E-state index is -0.305. The minimum Gasteiger partial charge on any atom is -0.484 e. The van der Waals surface area contributed by atoms with E-state index < -0.39 is 0 Å². The predicted molar refractivity (Wildman–Crippen MR) is 104 cm³/mol. The normalized spacial score (nSPS) is 10.7. The molecular weight excluding hydrogens is 324 g/mol. The Hall–Kier alpha value is -3.40. The number of hydrogen-bond acceptors (Lipinski definition) is 3. The molecule has 3 aromatic rings. The van der Waals surface area contributed by atoms with Crippen LogP contribution in [0.2, 0.25) is 0 Å². The van der Waals surface area contributed by atoms with Gasteiger partial charge in [-0.15, -0.1) is 0 Å². The van der Waals surface area contributed by atoms with Gasteiger partial charge in [-0.1, -0.05) is 72.3 Å². The first-order valence-corrected chi connectivity index (χ1v) is 8.37. The van der Waals surface area contributed by atoms with E-state index in [1.54, 1.807) is 6.21 Å². The molecule has 0 spiro atoms. The highest BCUT2D eigenvalue weighted by atomic mass is 16.5. The summed E-state index contributed by atoms with van der Waals surface area (Å²) >= 11 is 0. The maximum Gasteiger partial charge on any atom is 0.277 e. The molecule has 0 bridgehead atoms. The van der Waals surface area contributed by atoms with Gasteiger partial charge >= 0.3 is 0 Å². The van der Waals surface area contributed by atoms with Crippen LogP contribution in [0, 0.1) is 6.92 Å². The van der Waals surface area contributed by atoms with Crippen molar-refractivity contribution in [2.24, 2.45) is 5.10 Å². The number of carbonyl (C=O) groups excluding carboxylic acids is 1. The molecule has 0 aromatic heterocycles. The molecule has 0 saturated heterocycles. The largest absolute Gasteiger partial charge is 0.484 e. The molecule has 0 saturated carbocycles. The summed E-state index contributed by atoms with van der Waals surface area (Å²) in [7, 11) is 0.